The van der Waals surface area contributed by atoms with Gasteiger partial charge in [-0.25, -0.2) is 0 Å². The number of phenols is 1. The van der Waals surface area contributed by atoms with E-state index in [1.165, 1.54) is 0 Å². The maximum absolute atomic E-state index is 9.93. The van der Waals surface area contributed by atoms with Gasteiger partial charge in [-0.15, -0.1) is 0 Å². The number of phenolic OH excluding ortho intramolecular Hbond substituents is 1. The lowest BCUT2D eigenvalue weighted by molar-refractivity contribution is 0.0604. The first kappa shape index (κ1) is 16.3. The molecular formula is C17H29N3O. The highest BCUT2D eigenvalue weighted by atomic mass is 16.3. The van der Waals surface area contributed by atoms with E-state index in [0.717, 1.165) is 38.3 Å². The summed E-state index contributed by atoms with van der Waals surface area (Å²) >= 11 is 0. The van der Waals surface area contributed by atoms with Gasteiger partial charge in [-0.1, -0.05) is 18.2 Å². The van der Waals surface area contributed by atoms with Crippen LogP contribution in [0.15, 0.2) is 24.3 Å². The molecule has 2 N–H and O–H groups in total. The molecule has 2 rings (SSSR count). The first-order valence-electron chi connectivity index (χ1n) is 7.85. The number of nitrogens with zero attached hydrogens (tertiary/aromatic N) is 2. The van der Waals surface area contributed by atoms with Crippen molar-refractivity contribution in [2.24, 2.45) is 0 Å². The summed E-state index contributed by atoms with van der Waals surface area (Å²) in [6, 6.07) is 7.71. The Bertz CT molecular complexity index is 453. The normalized spacial score (nSPS) is 19.6. The third kappa shape index (κ3) is 4.19. The first-order valence-corrected chi connectivity index (χ1v) is 7.85. The van der Waals surface area contributed by atoms with Gasteiger partial charge in [-0.2, -0.15) is 0 Å². The third-order valence-electron chi connectivity index (χ3n) is 4.60. The summed E-state index contributed by atoms with van der Waals surface area (Å²) in [6.07, 6.45) is 0. The van der Waals surface area contributed by atoms with E-state index in [1.54, 1.807) is 6.07 Å². The number of nitrogens with one attached hydrogen (secondary N) is 1. The molecule has 1 saturated heterocycles. The predicted octanol–water partition coefficient (Wildman–Crippen LogP) is 2.07. The van der Waals surface area contributed by atoms with E-state index >= 15 is 0 Å². The van der Waals surface area contributed by atoms with E-state index in [1.807, 2.05) is 18.2 Å². The van der Waals surface area contributed by atoms with Crippen LogP contribution >= 0.6 is 0 Å². The van der Waals surface area contributed by atoms with Crippen LogP contribution in [0.2, 0.25) is 0 Å². The zero-order chi connectivity index (χ0) is 15.5. The zero-order valence-electron chi connectivity index (χ0n) is 13.8. The minimum atomic E-state index is 0.125. The molecule has 1 aliphatic heterocycles. The molecule has 1 fully saturated rings. The molecule has 0 bridgehead atoms. The molecule has 0 aromatic heterocycles. The molecule has 118 valence electrons. The molecule has 1 atom stereocenters. The molecule has 0 saturated carbocycles. The van der Waals surface area contributed by atoms with Crippen LogP contribution in [0.3, 0.4) is 0 Å². The smallest absolute Gasteiger partial charge is 0.120 e. The summed E-state index contributed by atoms with van der Waals surface area (Å²) in [7, 11) is 2.18. The number of para-hydroxylation sites is 1. The number of benzene rings is 1. The maximum Gasteiger partial charge on any atom is 0.120 e. The highest BCUT2D eigenvalue weighted by Crippen LogP contribution is 2.24. The van der Waals surface area contributed by atoms with Crippen LogP contribution in [0.1, 0.15) is 32.4 Å². The summed E-state index contributed by atoms with van der Waals surface area (Å²) in [6.45, 7) is 12.1. The summed E-state index contributed by atoms with van der Waals surface area (Å²) in [5.41, 5.74) is 1.09. The van der Waals surface area contributed by atoms with Crippen molar-refractivity contribution in [1.29, 1.82) is 0 Å². The van der Waals surface area contributed by atoms with Crippen LogP contribution < -0.4 is 5.32 Å². The SMILES string of the molecule is CC(NCC(C)(C)N1CCN(C)CC1)c1ccccc1O. The van der Waals surface area contributed by atoms with Crippen molar-refractivity contribution >= 4 is 0 Å². The highest BCUT2D eigenvalue weighted by Gasteiger charge is 2.29. The van der Waals surface area contributed by atoms with Gasteiger partial charge in [0.1, 0.15) is 5.75 Å². The first-order chi connectivity index (χ1) is 9.90. The molecule has 0 amide bonds. The molecule has 4 heteroatoms. The molecule has 1 aromatic rings. The van der Waals surface area contributed by atoms with Crippen molar-refractivity contribution in [2.75, 3.05) is 39.8 Å². The Morgan fingerprint density at radius 2 is 1.81 bits per heavy atom. The van der Waals surface area contributed by atoms with Crippen LogP contribution in [0, 0.1) is 0 Å². The fraction of sp³-hybridized carbons (Fsp3) is 0.647. The molecule has 1 aromatic carbocycles. The Hall–Kier alpha value is -1.10. The summed E-state index contributed by atoms with van der Waals surface area (Å²) in [5, 5.41) is 13.5. The van der Waals surface area contributed by atoms with Crippen molar-refractivity contribution in [3.8, 4) is 5.75 Å². The van der Waals surface area contributed by atoms with Crippen LogP contribution in [0.5, 0.6) is 5.75 Å². The van der Waals surface area contributed by atoms with Crippen molar-refractivity contribution in [3.63, 3.8) is 0 Å². The average molecular weight is 291 g/mol. The quantitative estimate of drug-likeness (QED) is 0.871. The van der Waals surface area contributed by atoms with Crippen LogP contribution in [-0.4, -0.2) is 60.2 Å². The maximum atomic E-state index is 9.93. The Kier molecular flexibility index (Phi) is 5.25. The summed E-state index contributed by atoms with van der Waals surface area (Å²) in [5.74, 6) is 0.370. The van der Waals surface area contributed by atoms with Gasteiger partial charge >= 0.3 is 0 Å². The van der Waals surface area contributed by atoms with Gasteiger partial charge in [0.15, 0.2) is 0 Å². The largest absolute Gasteiger partial charge is 0.508 e. The second-order valence-corrected chi connectivity index (χ2v) is 6.76. The van der Waals surface area contributed by atoms with Crippen molar-refractivity contribution in [2.45, 2.75) is 32.4 Å². The topological polar surface area (TPSA) is 38.7 Å². The lowest BCUT2D eigenvalue weighted by Gasteiger charge is -2.44. The Morgan fingerprint density at radius 1 is 1.19 bits per heavy atom. The lowest BCUT2D eigenvalue weighted by Crippen LogP contribution is -2.57. The number of hydrogen-bond acceptors (Lipinski definition) is 4. The second kappa shape index (κ2) is 6.77. The van der Waals surface area contributed by atoms with Crippen molar-refractivity contribution in [3.05, 3.63) is 29.8 Å². The Morgan fingerprint density at radius 3 is 2.43 bits per heavy atom. The van der Waals surface area contributed by atoms with Gasteiger partial charge in [-0.05, 0) is 33.9 Å². The third-order valence-corrected chi connectivity index (χ3v) is 4.60. The lowest BCUT2D eigenvalue weighted by atomic mass is 9.99. The Labute approximate surface area is 128 Å². The van der Waals surface area contributed by atoms with E-state index in [2.05, 4.69) is 42.9 Å². The summed E-state index contributed by atoms with van der Waals surface area (Å²) in [4.78, 5) is 4.93. The van der Waals surface area contributed by atoms with Crippen LogP contribution in [0.25, 0.3) is 0 Å². The van der Waals surface area contributed by atoms with Gasteiger partial charge in [-0.3, -0.25) is 4.90 Å². The number of piperazine rings is 1. The van der Waals surface area contributed by atoms with E-state index in [4.69, 9.17) is 0 Å². The molecule has 0 spiro atoms. The van der Waals surface area contributed by atoms with E-state index in [9.17, 15) is 5.11 Å². The molecule has 1 aliphatic rings. The fourth-order valence-electron chi connectivity index (χ4n) is 2.89. The van der Waals surface area contributed by atoms with Gasteiger partial charge in [0.05, 0.1) is 0 Å². The summed E-state index contributed by atoms with van der Waals surface area (Å²) < 4.78 is 0. The standard InChI is InChI=1S/C17H29N3O/c1-14(15-7-5-6-8-16(15)21)18-13-17(2,3)20-11-9-19(4)10-12-20/h5-8,14,18,21H,9-13H2,1-4H3. The monoisotopic (exact) mass is 291 g/mol. The molecule has 1 heterocycles. The van der Waals surface area contributed by atoms with Gasteiger partial charge in [0.2, 0.25) is 0 Å². The zero-order valence-corrected chi connectivity index (χ0v) is 13.8. The van der Waals surface area contributed by atoms with Gasteiger partial charge in [0, 0.05) is 49.9 Å². The number of aromatic hydroxyl groups is 1. The molecular weight excluding hydrogens is 262 g/mol. The number of rotatable bonds is 5. The average Bonchev–Trinajstić information content (AvgIpc) is 2.46. The van der Waals surface area contributed by atoms with E-state index < -0.39 is 0 Å². The molecule has 0 radical (unpaired) electrons. The van der Waals surface area contributed by atoms with E-state index in [-0.39, 0.29) is 11.6 Å². The van der Waals surface area contributed by atoms with Crippen molar-refractivity contribution < 1.29 is 5.11 Å². The van der Waals surface area contributed by atoms with Gasteiger partial charge in [0.25, 0.3) is 0 Å². The van der Waals surface area contributed by atoms with Crippen LogP contribution in [-0.2, 0) is 0 Å². The number of likely N-dealkylation sites (N-methyl/N-ethyl adjacent to an activating group) is 1. The minimum Gasteiger partial charge on any atom is -0.508 e. The predicted molar refractivity (Wildman–Crippen MR) is 87.7 cm³/mol. The minimum absolute atomic E-state index is 0.125. The molecule has 21 heavy (non-hydrogen) atoms. The molecule has 0 aliphatic carbocycles. The Balaban J connectivity index is 1.90. The van der Waals surface area contributed by atoms with Crippen molar-refractivity contribution in [1.82, 2.24) is 15.1 Å². The van der Waals surface area contributed by atoms with Gasteiger partial charge < -0.3 is 15.3 Å². The second-order valence-electron chi connectivity index (χ2n) is 6.76. The van der Waals surface area contributed by atoms with Crippen LogP contribution in [0.4, 0.5) is 0 Å². The molecule has 1 unspecified atom stereocenters. The fourth-order valence-corrected chi connectivity index (χ4v) is 2.89. The molecule has 4 nitrogen and oxygen atoms in total. The highest BCUT2D eigenvalue weighted by molar-refractivity contribution is 5.34. The number of hydrogen-bond donors (Lipinski definition) is 2. The van der Waals surface area contributed by atoms with E-state index in [0.29, 0.717) is 5.75 Å².